The molecular formula is C18H20N2O2S3. The highest BCUT2D eigenvalue weighted by molar-refractivity contribution is 8.01. The molecular weight excluding hydrogens is 372 g/mol. The van der Waals surface area contributed by atoms with E-state index in [1.54, 1.807) is 29.2 Å². The van der Waals surface area contributed by atoms with Crippen molar-refractivity contribution >= 4 is 49.0 Å². The SMILES string of the molecule is CCSc1nc2ccc(NS(=O)(=O)Cc3ccc(C)c(C)c3)cc2s1. The molecule has 0 aliphatic heterocycles. The highest BCUT2D eigenvalue weighted by atomic mass is 32.2. The van der Waals surface area contributed by atoms with E-state index in [1.807, 2.05) is 44.2 Å². The van der Waals surface area contributed by atoms with Gasteiger partial charge >= 0.3 is 0 Å². The monoisotopic (exact) mass is 392 g/mol. The molecule has 1 N–H and O–H groups in total. The van der Waals surface area contributed by atoms with E-state index >= 15 is 0 Å². The van der Waals surface area contributed by atoms with Crippen LogP contribution < -0.4 is 4.72 Å². The summed E-state index contributed by atoms with van der Waals surface area (Å²) in [4.78, 5) is 4.53. The molecule has 0 radical (unpaired) electrons. The fourth-order valence-electron chi connectivity index (χ4n) is 2.48. The van der Waals surface area contributed by atoms with E-state index in [-0.39, 0.29) is 5.75 Å². The van der Waals surface area contributed by atoms with Crippen LogP contribution in [0.3, 0.4) is 0 Å². The minimum atomic E-state index is -3.46. The topological polar surface area (TPSA) is 59.1 Å². The molecule has 3 rings (SSSR count). The molecule has 0 amide bonds. The van der Waals surface area contributed by atoms with Crippen LogP contribution in [0, 0.1) is 13.8 Å². The lowest BCUT2D eigenvalue weighted by Gasteiger charge is -2.09. The molecule has 3 aromatic rings. The molecule has 0 aliphatic carbocycles. The van der Waals surface area contributed by atoms with E-state index in [0.717, 1.165) is 37.0 Å². The maximum Gasteiger partial charge on any atom is 0.236 e. The van der Waals surface area contributed by atoms with Crippen LogP contribution in [0.4, 0.5) is 5.69 Å². The highest BCUT2D eigenvalue weighted by Gasteiger charge is 2.13. The smallest absolute Gasteiger partial charge is 0.236 e. The number of nitrogens with zero attached hydrogens (tertiary/aromatic N) is 1. The molecule has 2 aromatic carbocycles. The molecule has 0 saturated carbocycles. The molecule has 1 heterocycles. The van der Waals surface area contributed by atoms with Crippen LogP contribution in [0.5, 0.6) is 0 Å². The molecule has 0 spiro atoms. The Morgan fingerprint density at radius 2 is 1.92 bits per heavy atom. The van der Waals surface area contributed by atoms with Crippen LogP contribution >= 0.6 is 23.1 Å². The van der Waals surface area contributed by atoms with Gasteiger partial charge in [0.25, 0.3) is 0 Å². The highest BCUT2D eigenvalue weighted by Crippen LogP contribution is 2.31. The summed E-state index contributed by atoms with van der Waals surface area (Å²) in [5, 5.41) is 0. The van der Waals surface area contributed by atoms with Crippen molar-refractivity contribution in [2.24, 2.45) is 0 Å². The van der Waals surface area contributed by atoms with Gasteiger partial charge in [0, 0.05) is 0 Å². The second-order valence-electron chi connectivity index (χ2n) is 5.88. The molecule has 0 bridgehead atoms. The first-order valence-corrected chi connectivity index (χ1v) is 11.4. The fraction of sp³-hybridized carbons (Fsp3) is 0.278. The Morgan fingerprint density at radius 3 is 2.64 bits per heavy atom. The van der Waals surface area contributed by atoms with Gasteiger partial charge in [0.15, 0.2) is 4.34 Å². The van der Waals surface area contributed by atoms with Gasteiger partial charge in [-0.25, -0.2) is 13.4 Å². The first kappa shape index (κ1) is 18.2. The zero-order chi connectivity index (χ0) is 18.0. The van der Waals surface area contributed by atoms with Crippen LogP contribution in [0.2, 0.25) is 0 Å². The third-order valence-electron chi connectivity index (χ3n) is 3.84. The van der Waals surface area contributed by atoms with Crippen molar-refractivity contribution in [3.05, 3.63) is 53.1 Å². The predicted octanol–water partition coefficient (Wildman–Crippen LogP) is 4.97. The van der Waals surface area contributed by atoms with Crippen LogP contribution in [-0.4, -0.2) is 19.2 Å². The van der Waals surface area contributed by atoms with Crippen LogP contribution in [0.25, 0.3) is 10.2 Å². The number of thioether (sulfide) groups is 1. The number of sulfonamides is 1. The molecule has 0 saturated heterocycles. The van der Waals surface area contributed by atoms with Crippen LogP contribution in [0.15, 0.2) is 40.7 Å². The second-order valence-corrected chi connectivity index (χ2v) is 10.1. The molecule has 7 heteroatoms. The average molecular weight is 393 g/mol. The molecule has 1 aromatic heterocycles. The molecule has 0 fully saturated rings. The third kappa shape index (κ3) is 4.54. The normalized spacial score (nSPS) is 11.8. The van der Waals surface area contributed by atoms with Gasteiger partial charge in [0.2, 0.25) is 10.0 Å². The number of aryl methyl sites for hydroxylation is 2. The Labute approximate surface area is 156 Å². The zero-order valence-corrected chi connectivity index (χ0v) is 16.8. The van der Waals surface area contributed by atoms with Crippen molar-refractivity contribution in [1.29, 1.82) is 0 Å². The fourth-order valence-corrected chi connectivity index (χ4v) is 5.66. The quantitative estimate of drug-likeness (QED) is 0.602. The Hall–Kier alpha value is -1.57. The molecule has 0 aliphatic rings. The summed E-state index contributed by atoms with van der Waals surface area (Å²) >= 11 is 3.28. The van der Waals surface area contributed by atoms with Gasteiger partial charge in [0.1, 0.15) is 0 Å². The van der Waals surface area contributed by atoms with Gasteiger partial charge < -0.3 is 0 Å². The lowest BCUT2D eigenvalue weighted by Crippen LogP contribution is -2.15. The molecule has 0 unspecified atom stereocenters. The Kier molecular flexibility index (Phi) is 5.36. The number of hydrogen-bond donors (Lipinski definition) is 1. The Morgan fingerprint density at radius 1 is 1.12 bits per heavy atom. The van der Waals surface area contributed by atoms with E-state index in [2.05, 4.69) is 16.6 Å². The standard InChI is InChI=1S/C18H20N2O2S3/c1-4-23-18-19-16-8-7-15(10-17(16)24-18)20-25(21,22)11-14-6-5-12(2)13(3)9-14/h5-10,20H,4,11H2,1-3H3. The predicted molar refractivity (Wildman–Crippen MR) is 108 cm³/mol. The van der Waals surface area contributed by atoms with Crippen molar-refractivity contribution < 1.29 is 8.42 Å². The second kappa shape index (κ2) is 7.35. The zero-order valence-electron chi connectivity index (χ0n) is 14.4. The summed E-state index contributed by atoms with van der Waals surface area (Å²) < 4.78 is 29.6. The number of aromatic nitrogens is 1. The third-order valence-corrected chi connectivity index (χ3v) is 7.14. The Balaban J connectivity index is 1.79. The molecule has 0 atom stereocenters. The van der Waals surface area contributed by atoms with Crippen molar-refractivity contribution in [2.75, 3.05) is 10.5 Å². The van der Waals surface area contributed by atoms with E-state index in [4.69, 9.17) is 0 Å². The largest absolute Gasteiger partial charge is 0.283 e. The van der Waals surface area contributed by atoms with Crippen molar-refractivity contribution in [1.82, 2.24) is 4.98 Å². The number of anilines is 1. The number of hydrogen-bond acceptors (Lipinski definition) is 5. The van der Waals surface area contributed by atoms with Gasteiger partial charge in [-0.15, -0.1) is 11.3 Å². The van der Waals surface area contributed by atoms with Gasteiger partial charge in [-0.3, -0.25) is 4.72 Å². The minimum absolute atomic E-state index is 0.0359. The van der Waals surface area contributed by atoms with E-state index < -0.39 is 10.0 Å². The summed E-state index contributed by atoms with van der Waals surface area (Å²) in [6.45, 7) is 6.09. The number of thiazole rings is 1. The van der Waals surface area contributed by atoms with Crippen LogP contribution in [-0.2, 0) is 15.8 Å². The maximum absolute atomic E-state index is 12.5. The molecule has 25 heavy (non-hydrogen) atoms. The lowest BCUT2D eigenvalue weighted by molar-refractivity contribution is 0.600. The maximum atomic E-state index is 12.5. The summed E-state index contributed by atoms with van der Waals surface area (Å²) in [6, 6.07) is 11.2. The van der Waals surface area contributed by atoms with E-state index in [0.29, 0.717) is 5.69 Å². The van der Waals surface area contributed by atoms with Crippen molar-refractivity contribution in [2.45, 2.75) is 30.9 Å². The van der Waals surface area contributed by atoms with Gasteiger partial charge in [-0.1, -0.05) is 36.9 Å². The van der Waals surface area contributed by atoms with E-state index in [1.165, 1.54) is 0 Å². The first-order valence-electron chi connectivity index (χ1n) is 7.96. The van der Waals surface area contributed by atoms with Crippen molar-refractivity contribution in [3.63, 3.8) is 0 Å². The lowest BCUT2D eigenvalue weighted by atomic mass is 10.1. The number of benzene rings is 2. The summed E-state index contributed by atoms with van der Waals surface area (Å²) in [5.74, 6) is 0.932. The summed E-state index contributed by atoms with van der Waals surface area (Å²) in [7, 11) is -3.46. The Bertz CT molecular complexity index is 1010. The van der Waals surface area contributed by atoms with Gasteiger partial charge in [0.05, 0.1) is 21.7 Å². The van der Waals surface area contributed by atoms with Crippen LogP contribution in [0.1, 0.15) is 23.6 Å². The summed E-state index contributed by atoms with van der Waals surface area (Å²) in [6.07, 6.45) is 0. The number of fused-ring (bicyclic) bond motifs is 1. The van der Waals surface area contributed by atoms with E-state index in [9.17, 15) is 8.42 Å². The molecule has 4 nitrogen and oxygen atoms in total. The minimum Gasteiger partial charge on any atom is -0.283 e. The summed E-state index contributed by atoms with van der Waals surface area (Å²) in [5.41, 5.74) is 4.52. The van der Waals surface area contributed by atoms with Gasteiger partial charge in [-0.05, 0) is 54.5 Å². The number of nitrogens with one attached hydrogen (secondary N) is 1. The number of rotatable bonds is 6. The average Bonchev–Trinajstić information content (AvgIpc) is 2.92. The van der Waals surface area contributed by atoms with Gasteiger partial charge in [-0.2, -0.15) is 0 Å². The van der Waals surface area contributed by atoms with Crippen molar-refractivity contribution in [3.8, 4) is 0 Å². The first-order chi connectivity index (χ1) is 11.9. The molecule has 132 valence electrons.